The number of ketones is 1. The van der Waals surface area contributed by atoms with Crippen LogP contribution in [0.25, 0.3) is 0 Å². The predicted octanol–water partition coefficient (Wildman–Crippen LogP) is 1.77. The topological polar surface area (TPSA) is 66.4 Å². The summed E-state index contributed by atoms with van der Waals surface area (Å²) in [7, 11) is 0. The molecule has 0 bridgehead atoms. The first-order valence-corrected chi connectivity index (χ1v) is 5.41. The lowest BCUT2D eigenvalue weighted by Crippen LogP contribution is -2.68. The van der Waals surface area contributed by atoms with Crippen LogP contribution in [0.3, 0.4) is 0 Å². The Morgan fingerprint density at radius 2 is 1.21 bits per heavy atom. The van der Waals surface area contributed by atoms with Crippen LogP contribution in [0.5, 0.6) is 0 Å². The number of Topliss-reactive ketones (excluding diaryl/α,β-unsaturated/α-hetero) is 1. The molecular weight excluding hydrogens is 379 g/mol. The molecule has 0 aliphatic heterocycles. The molecule has 1 unspecified atom stereocenters. The fourth-order valence-electron chi connectivity index (χ4n) is 1.19. The van der Waals surface area contributed by atoms with E-state index >= 15 is 0 Å². The molecule has 0 saturated carbocycles. The van der Waals surface area contributed by atoms with E-state index in [1.807, 2.05) is 0 Å². The minimum atomic E-state index is -7.39. The number of rotatable bonds is 6. The maximum atomic E-state index is 13.7. The predicted molar refractivity (Wildman–Crippen MR) is 50.9 cm³/mol. The second-order valence-corrected chi connectivity index (χ2v) is 4.11. The number of nitrogens with one attached hydrogen (secondary N) is 1. The first-order valence-electron chi connectivity index (χ1n) is 5.41. The zero-order chi connectivity index (χ0) is 19.8. The number of carbonyl (C=O) groups excluding carboxylic acids is 2. The maximum absolute atomic E-state index is 13.7. The van der Waals surface area contributed by atoms with Crippen LogP contribution in [0.15, 0.2) is 0 Å². The lowest BCUT2D eigenvalue weighted by molar-refractivity contribution is -0.347. The number of hydrogen-bond donors (Lipinski definition) is 2. The summed E-state index contributed by atoms with van der Waals surface area (Å²) >= 11 is 0. The monoisotopic (exact) mass is 385 g/mol. The van der Waals surface area contributed by atoms with E-state index < -0.39 is 54.7 Å². The van der Waals surface area contributed by atoms with Gasteiger partial charge in [0.15, 0.2) is 0 Å². The van der Waals surface area contributed by atoms with Crippen LogP contribution in [-0.2, 0) is 9.59 Å². The van der Waals surface area contributed by atoms with Gasteiger partial charge in [-0.3, -0.25) is 9.59 Å². The van der Waals surface area contributed by atoms with Gasteiger partial charge in [-0.15, -0.1) is 0 Å². The van der Waals surface area contributed by atoms with Gasteiger partial charge in [0.1, 0.15) is 0 Å². The van der Waals surface area contributed by atoms with Crippen molar-refractivity contribution in [2.24, 2.45) is 0 Å². The standard InChI is InChI=1S/C9H6F11NO3/c10-5(8(15,16)17,4(24)21-1-2-22)3(23)6(11,12)7(13,14)9(18,19)20/h22H,1-2H2,(H,21,24). The van der Waals surface area contributed by atoms with Crippen LogP contribution in [0, 0.1) is 0 Å². The van der Waals surface area contributed by atoms with Gasteiger partial charge in [0.05, 0.1) is 6.61 Å². The highest BCUT2D eigenvalue weighted by Gasteiger charge is 2.83. The highest BCUT2D eigenvalue weighted by atomic mass is 19.4. The normalized spacial score (nSPS) is 16.5. The van der Waals surface area contributed by atoms with Gasteiger partial charge in [0.25, 0.3) is 11.7 Å². The van der Waals surface area contributed by atoms with Crippen LogP contribution >= 0.6 is 0 Å². The molecule has 4 nitrogen and oxygen atoms in total. The molecule has 1 amide bonds. The average Bonchev–Trinajstić information content (AvgIpc) is 2.39. The summed E-state index contributed by atoms with van der Waals surface area (Å²) in [4.78, 5) is 21.8. The van der Waals surface area contributed by atoms with E-state index in [-0.39, 0.29) is 0 Å². The fourth-order valence-corrected chi connectivity index (χ4v) is 1.19. The fraction of sp³-hybridized carbons (Fsp3) is 0.778. The van der Waals surface area contributed by atoms with Crippen molar-refractivity contribution in [2.45, 2.75) is 29.9 Å². The molecule has 0 aliphatic carbocycles. The number of hydrogen-bond acceptors (Lipinski definition) is 3. The highest BCUT2D eigenvalue weighted by molar-refractivity contribution is 6.13. The van der Waals surface area contributed by atoms with Gasteiger partial charge in [-0.2, -0.15) is 43.9 Å². The Hall–Kier alpha value is -1.67. The van der Waals surface area contributed by atoms with Gasteiger partial charge in [-0.05, 0) is 0 Å². The number of alkyl halides is 11. The molecule has 0 aromatic rings. The molecule has 0 aliphatic rings. The minimum Gasteiger partial charge on any atom is -0.395 e. The largest absolute Gasteiger partial charge is 0.460 e. The number of aliphatic hydroxyl groups is 1. The molecule has 0 heterocycles. The van der Waals surface area contributed by atoms with Crippen molar-refractivity contribution in [2.75, 3.05) is 13.2 Å². The third-order valence-corrected chi connectivity index (χ3v) is 2.45. The van der Waals surface area contributed by atoms with Crippen LogP contribution in [0.4, 0.5) is 48.3 Å². The molecule has 24 heavy (non-hydrogen) atoms. The summed E-state index contributed by atoms with van der Waals surface area (Å²) in [5.41, 5.74) is -6.42. The minimum absolute atomic E-state index is 0.758. The van der Waals surface area contributed by atoms with Crippen LogP contribution in [0.1, 0.15) is 0 Å². The Kier molecular flexibility index (Phi) is 5.89. The molecule has 142 valence electrons. The second kappa shape index (κ2) is 6.33. The molecule has 15 heteroatoms. The summed E-state index contributed by atoms with van der Waals surface area (Å²) in [6.07, 6.45) is -14.1. The van der Waals surface area contributed by atoms with E-state index in [9.17, 15) is 57.9 Å². The summed E-state index contributed by atoms with van der Waals surface area (Å²) in [6.45, 7) is -2.43. The van der Waals surface area contributed by atoms with E-state index in [0.717, 1.165) is 5.32 Å². The van der Waals surface area contributed by atoms with Crippen LogP contribution in [0.2, 0.25) is 0 Å². The maximum Gasteiger partial charge on any atom is 0.460 e. The summed E-state index contributed by atoms with van der Waals surface area (Å²) in [5, 5.41) is 8.96. The van der Waals surface area contributed by atoms with Crippen molar-refractivity contribution in [3.8, 4) is 0 Å². The Morgan fingerprint density at radius 3 is 1.50 bits per heavy atom. The van der Waals surface area contributed by atoms with Gasteiger partial charge in [-0.25, -0.2) is 4.39 Å². The van der Waals surface area contributed by atoms with E-state index in [0.29, 0.717) is 0 Å². The summed E-state index contributed by atoms with van der Waals surface area (Å²) < 4.78 is 138. The molecule has 0 saturated heterocycles. The van der Waals surface area contributed by atoms with Gasteiger partial charge < -0.3 is 10.4 Å². The van der Waals surface area contributed by atoms with E-state index in [1.54, 1.807) is 0 Å². The molecule has 0 fully saturated rings. The second-order valence-electron chi connectivity index (χ2n) is 4.11. The van der Waals surface area contributed by atoms with E-state index in [4.69, 9.17) is 5.11 Å². The smallest absolute Gasteiger partial charge is 0.395 e. The number of aliphatic hydroxyl groups excluding tert-OH is 1. The summed E-state index contributed by atoms with van der Waals surface area (Å²) in [6, 6.07) is 0. The molecule has 0 aromatic carbocycles. The molecule has 2 N–H and O–H groups in total. The van der Waals surface area contributed by atoms with E-state index in [1.165, 1.54) is 0 Å². The zero-order valence-electron chi connectivity index (χ0n) is 10.8. The van der Waals surface area contributed by atoms with Gasteiger partial charge >= 0.3 is 29.9 Å². The number of amides is 1. The quantitative estimate of drug-likeness (QED) is 0.541. The third kappa shape index (κ3) is 3.39. The van der Waals surface area contributed by atoms with Crippen LogP contribution < -0.4 is 5.32 Å². The van der Waals surface area contributed by atoms with E-state index in [2.05, 4.69) is 0 Å². The Morgan fingerprint density at radius 1 is 0.792 bits per heavy atom. The Bertz CT molecular complexity index is 498. The number of carbonyl (C=O) groups is 2. The van der Waals surface area contributed by atoms with Crippen molar-refractivity contribution in [3.63, 3.8) is 0 Å². The highest BCUT2D eigenvalue weighted by Crippen LogP contribution is 2.50. The first-order chi connectivity index (χ1) is 10.4. The third-order valence-electron chi connectivity index (χ3n) is 2.45. The van der Waals surface area contributed by atoms with Crippen molar-refractivity contribution >= 4 is 11.7 Å². The molecule has 0 radical (unpaired) electrons. The Labute approximate surface area is 124 Å². The lowest BCUT2D eigenvalue weighted by atomic mass is 9.90. The zero-order valence-corrected chi connectivity index (χ0v) is 10.8. The molecule has 1 atom stereocenters. The van der Waals surface area contributed by atoms with Gasteiger partial charge in [-0.1, -0.05) is 0 Å². The first kappa shape index (κ1) is 22.3. The van der Waals surface area contributed by atoms with Crippen molar-refractivity contribution in [3.05, 3.63) is 0 Å². The average molecular weight is 385 g/mol. The van der Waals surface area contributed by atoms with Crippen molar-refractivity contribution < 1.29 is 63.0 Å². The van der Waals surface area contributed by atoms with Crippen molar-refractivity contribution in [1.29, 1.82) is 0 Å². The molecular formula is C9H6F11NO3. The van der Waals surface area contributed by atoms with Crippen molar-refractivity contribution in [1.82, 2.24) is 5.32 Å². The van der Waals surface area contributed by atoms with Gasteiger partial charge in [0.2, 0.25) is 0 Å². The van der Waals surface area contributed by atoms with Crippen LogP contribution in [-0.4, -0.2) is 59.8 Å². The summed E-state index contributed by atoms with van der Waals surface area (Å²) in [5.74, 6) is -22.6. The molecule has 0 aromatic heterocycles. The lowest BCUT2D eigenvalue weighted by Gasteiger charge is -2.32. The molecule has 0 rings (SSSR count). The Balaban J connectivity index is 6.19. The van der Waals surface area contributed by atoms with Gasteiger partial charge in [0, 0.05) is 6.54 Å². The SMILES string of the molecule is O=C(NCCO)C(F)(C(=O)C(F)(F)C(F)(F)C(F)(F)F)C(F)(F)F. The number of halogens is 11. The molecule has 0 spiro atoms.